The van der Waals surface area contributed by atoms with E-state index in [0.29, 0.717) is 0 Å². The summed E-state index contributed by atoms with van der Waals surface area (Å²) in [5.41, 5.74) is 1.43. The molecule has 0 radical (unpaired) electrons. The molecule has 1 aliphatic rings. The summed E-state index contributed by atoms with van der Waals surface area (Å²) in [5.74, 6) is 0. The highest BCUT2D eigenvalue weighted by atomic mass is 32.1. The fourth-order valence-corrected chi connectivity index (χ4v) is 2.89. The number of thiazole rings is 1. The van der Waals surface area contributed by atoms with Gasteiger partial charge in [0.2, 0.25) is 0 Å². The number of aromatic nitrogens is 1. The third-order valence-electron chi connectivity index (χ3n) is 3.17. The smallest absolute Gasteiger partial charge is 0.407 e. The van der Waals surface area contributed by atoms with Crippen LogP contribution in [0.4, 0.5) is 4.79 Å². The highest BCUT2D eigenvalue weighted by Gasteiger charge is 2.23. The van der Waals surface area contributed by atoms with Crippen molar-refractivity contribution in [2.45, 2.75) is 51.8 Å². The first kappa shape index (κ1) is 15.3. The second-order valence-electron chi connectivity index (χ2n) is 6.16. The molecule has 1 aromatic heterocycles. The molecule has 0 aliphatic carbocycles. The topological polar surface area (TPSA) is 54.5 Å². The number of hydrogen-bond acceptors (Lipinski definition) is 5. The zero-order valence-corrected chi connectivity index (χ0v) is 13.2. The summed E-state index contributed by atoms with van der Waals surface area (Å²) in [6.45, 7) is 8.60. The molecule has 0 spiro atoms. The van der Waals surface area contributed by atoms with Gasteiger partial charge in [0.25, 0.3) is 0 Å². The Bertz CT molecular complexity index is 420. The minimum atomic E-state index is -0.434. The maximum absolute atomic E-state index is 11.7. The number of likely N-dealkylation sites (tertiary alicyclic amines) is 1. The highest BCUT2D eigenvalue weighted by molar-refractivity contribution is 7.09. The number of nitrogens with one attached hydrogen (secondary N) is 1. The molecule has 2 heterocycles. The Balaban J connectivity index is 1.70. The second-order valence-corrected chi connectivity index (χ2v) is 7.14. The number of hydrogen-bond donors (Lipinski definition) is 1. The molecule has 1 amide bonds. The molecule has 1 aliphatic heterocycles. The number of carbonyl (C=O) groups excluding carboxylic acids is 1. The molecule has 20 heavy (non-hydrogen) atoms. The first-order chi connectivity index (χ1) is 9.42. The van der Waals surface area contributed by atoms with Gasteiger partial charge in [-0.05, 0) is 33.6 Å². The van der Waals surface area contributed by atoms with E-state index in [1.54, 1.807) is 11.3 Å². The van der Waals surface area contributed by atoms with Crippen molar-refractivity contribution in [2.75, 3.05) is 13.1 Å². The van der Waals surface area contributed by atoms with Crippen LogP contribution in [0.2, 0.25) is 0 Å². The fourth-order valence-electron chi connectivity index (χ4n) is 2.25. The van der Waals surface area contributed by atoms with Gasteiger partial charge in [0.05, 0.1) is 5.51 Å². The van der Waals surface area contributed by atoms with E-state index in [1.807, 2.05) is 32.5 Å². The lowest BCUT2D eigenvalue weighted by Crippen LogP contribution is -2.45. The number of carbonyl (C=O) groups is 1. The summed E-state index contributed by atoms with van der Waals surface area (Å²) < 4.78 is 5.28. The van der Waals surface area contributed by atoms with Gasteiger partial charge in [-0.2, -0.15) is 0 Å². The molecular formula is C14H23N3O2S. The number of amides is 1. The van der Waals surface area contributed by atoms with Crippen LogP contribution in [0, 0.1) is 0 Å². The lowest BCUT2D eigenvalue weighted by molar-refractivity contribution is 0.0477. The molecule has 0 unspecified atom stereocenters. The van der Waals surface area contributed by atoms with Crippen molar-refractivity contribution < 1.29 is 9.53 Å². The number of ether oxygens (including phenoxy) is 1. The molecule has 1 saturated heterocycles. The molecule has 2 rings (SSSR count). The molecule has 1 fully saturated rings. The monoisotopic (exact) mass is 297 g/mol. The van der Waals surface area contributed by atoms with Gasteiger partial charge < -0.3 is 10.1 Å². The van der Waals surface area contributed by atoms with Crippen molar-refractivity contribution in [1.29, 1.82) is 0 Å². The van der Waals surface area contributed by atoms with E-state index in [-0.39, 0.29) is 12.1 Å². The Labute approximate surface area is 124 Å². The largest absolute Gasteiger partial charge is 0.444 e. The molecule has 1 aromatic rings. The summed E-state index contributed by atoms with van der Waals surface area (Å²) in [6.07, 6.45) is 3.56. The molecule has 1 N–H and O–H groups in total. The van der Waals surface area contributed by atoms with Gasteiger partial charge >= 0.3 is 6.09 Å². The number of rotatable bonds is 3. The average molecular weight is 297 g/mol. The van der Waals surface area contributed by atoms with E-state index in [4.69, 9.17) is 4.74 Å². The molecular weight excluding hydrogens is 274 g/mol. The first-order valence-corrected chi connectivity index (χ1v) is 7.89. The van der Waals surface area contributed by atoms with Gasteiger partial charge in [-0.3, -0.25) is 9.88 Å². The van der Waals surface area contributed by atoms with Gasteiger partial charge in [0, 0.05) is 36.8 Å². The van der Waals surface area contributed by atoms with Crippen LogP contribution in [0.3, 0.4) is 0 Å². The molecule has 6 heteroatoms. The Morgan fingerprint density at radius 1 is 1.50 bits per heavy atom. The van der Waals surface area contributed by atoms with Crippen molar-refractivity contribution >= 4 is 17.4 Å². The lowest BCUT2D eigenvalue weighted by Gasteiger charge is -2.32. The van der Waals surface area contributed by atoms with E-state index < -0.39 is 5.60 Å². The first-order valence-electron chi connectivity index (χ1n) is 7.01. The lowest BCUT2D eigenvalue weighted by atomic mass is 10.1. The van der Waals surface area contributed by atoms with Gasteiger partial charge in [-0.1, -0.05) is 0 Å². The molecule has 0 bridgehead atoms. The molecule has 0 saturated carbocycles. The van der Waals surface area contributed by atoms with Crippen molar-refractivity contribution in [3.63, 3.8) is 0 Å². The Hall–Kier alpha value is -1.14. The van der Waals surface area contributed by atoms with Crippen molar-refractivity contribution in [3.05, 3.63) is 16.6 Å². The standard InChI is InChI=1S/C14H23N3O2S/c1-14(2,3)19-13(18)16-11-4-6-17(7-5-11)9-12-8-15-10-20-12/h8,10-11H,4-7,9H2,1-3H3,(H,16,18). The predicted octanol–water partition coefficient (Wildman–Crippen LogP) is 2.63. The molecule has 0 aromatic carbocycles. The van der Waals surface area contributed by atoms with Crippen molar-refractivity contribution in [2.24, 2.45) is 0 Å². The summed E-state index contributed by atoms with van der Waals surface area (Å²) in [5, 5.41) is 2.96. The molecule has 112 valence electrons. The van der Waals surface area contributed by atoms with E-state index >= 15 is 0 Å². The summed E-state index contributed by atoms with van der Waals surface area (Å²) in [6, 6.07) is 0.225. The van der Waals surface area contributed by atoms with Gasteiger partial charge in [-0.25, -0.2) is 4.79 Å². The van der Waals surface area contributed by atoms with Crippen molar-refractivity contribution in [1.82, 2.24) is 15.2 Å². The third kappa shape index (κ3) is 5.09. The quantitative estimate of drug-likeness (QED) is 0.932. The number of piperidine rings is 1. The Morgan fingerprint density at radius 3 is 2.75 bits per heavy atom. The SMILES string of the molecule is CC(C)(C)OC(=O)NC1CCN(Cc2cncs2)CC1. The zero-order valence-electron chi connectivity index (χ0n) is 12.4. The maximum atomic E-state index is 11.7. The predicted molar refractivity (Wildman–Crippen MR) is 79.8 cm³/mol. The van der Waals surface area contributed by atoms with Crippen molar-refractivity contribution in [3.8, 4) is 0 Å². The normalized spacial score (nSPS) is 17.9. The van der Waals surface area contributed by atoms with E-state index in [0.717, 1.165) is 32.5 Å². The van der Waals surface area contributed by atoms with Gasteiger partial charge in [0.1, 0.15) is 5.60 Å². The van der Waals surface area contributed by atoms with Crippen LogP contribution >= 0.6 is 11.3 Å². The van der Waals surface area contributed by atoms with Gasteiger partial charge in [0.15, 0.2) is 0 Å². The van der Waals surface area contributed by atoms with Crippen LogP contribution in [0.1, 0.15) is 38.5 Å². The van der Waals surface area contributed by atoms with E-state index in [2.05, 4.69) is 15.2 Å². The third-order valence-corrected chi connectivity index (χ3v) is 3.94. The van der Waals surface area contributed by atoms with Crippen LogP contribution in [0.25, 0.3) is 0 Å². The minimum Gasteiger partial charge on any atom is -0.444 e. The Morgan fingerprint density at radius 2 is 2.20 bits per heavy atom. The van der Waals surface area contributed by atoms with Crippen LogP contribution in [-0.2, 0) is 11.3 Å². The van der Waals surface area contributed by atoms with Crippen LogP contribution in [0.15, 0.2) is 11.7 Å². The minimum absolute atomic E-state index is 0.225. The summed E-state index contributed by atoms with van der Waals surface area (Å²) in [4.78, 5) is 19.5. The van der Waals surface area contributed by atoms with E-state index in [9.17, 15) is 4.79 Å². The summed E-state index contributed by atoms with van der Waals surface area (Å²) >= 11 is 1.69. The molecule has 5 nitrogen and oxygen atoms in total. The molecule has 0 atom stereocenters. The maximum Gasteiger partial charge on any atom is 0.407 e. The zero-order chi connectivity index (χ0) is 14.6. The van der Waals surface area contributed by atoms with Crippen LogP contribution < -0.4 is 5.32 Å². The average Bonchev–Trinajstić information content (AvgIpc) is 2.82. The highest BCUT2D eigenvalue weighted by Crippen LogP contribution is 2.16. The summed E-state index contributed by atoms with van der Waals surface area (Å²) in [7, 11) is 0. The second kappa shape index (κ2) is 6.54. The van der Waals surface area contributed by atoms with Crippen LogP contribution in [0.5, 0.6) is 0 Å². The van der Waals surface area contributed by atoms with Gasteiger partial charge in [-0.15, -0.1) is 11.3 Å². The number of nitrogens with zero attached hydrogens (tertiary/aromatic N) is 2. The van der Waals surface area contributed by atoms with E-state index in [1.165, 1.54) is 4.88 Å². The fraction of sp³-hybridized carbons (Fsp3) is 0.714. The number of alkyl carbamates (subject to hydrolysis) is 1. The van der Waals surface area contributed by atoms with Crippen LogP contribution in [-0.4, -0.2) is 40.7 Å². The Kier molecular flexibility index (Phi) is 4.99.